The van der Waals surface area contributed by atoms with E-state index in [1.165, 1.54) is 11.8 Å². The highest BCUT2D eigenvalue weighted by atomic mass is 32.2. The van der Waals surface area contributed by atoms with Gasteiger partial charge in [-0.2, -0.15) is 0 Å². The molecule has 1 aromatic heterocycles. The van der Waals surface area contributed by atoms with E-state index in [9.17, 15) is 4.79 Å². The minimum atomic E-state index is -0.375. The van der Waals surface area contributed by atoms with Gasteiger partial charge >= 0.3 is 0 Å². The number of rotatable bonds is 8. The van der Waals surface area contributed by atoms with Gasteiger partial charge in [0.25, 0.3) is 0 Å². The van der Waals surface area contributed by atoms with Crippen LogP contribution in [0.2, 0.25) is 0 Å². The fraction of sp³-hybridized carbons (Fsp3) is 0.160. The first kappa shape index (κ1) is 21.6. The van der Waals surface area contributed by atoms with Gasteiger partial charge in [-0.1, -0.05) is 78.5 Å². The first-order valence-corrected chi connectivity index (χ1v) is 11.2. The maximum absolute atomic E-state index is 12.8. The second kappa shape index (κ2) is 10.2. The monoisotopic (exact) mass is 444 g/mol. The van der Waals surface area contributed by atoms with Crippen molar-refractivity contribution in [3.8, 4) is 16.9 Å². The molecule has 0 aliphatic carbocycles. The summed E-state index contributed by atoms with van der Waals surface area (Å²) < 4.78 is 5.80. The van der Waals surface area contributed by atoms with Crippen molar-refractivity contribution in [2.45, 2.75) is 30.9 Å². The van der Waals surface area contributed by atoms with Crippen molar-refractivity contribution in [2.24, 2.45) is 0 Å². The van der Waals surface area contributed by atoms with Crippen LogP contribution in [0.4, 0.5) is 5.69 Å². The van der Waals surface area contributed by atoms with Crippen LogP contribution in [0, 0.1) is 6.92 Å². The summed E-state index contributed by atoms with van der Waals surface area (Å²) in [6.45, 7) is 4.11. The van der Waals surface area contributed by atoms with Crippen molar-refractivity contribution in [2.75, 3.05) is 5.32 Å². The van der Waals surface area contributed by atoms with Gasteiger partial charge in [-0.25, -0.2) is 4.98 Å². The van der Waals surface area contributed by atoms with Crippen molar-refractivity contribution in [1.29, 1.82) is 0 Å². The van der Waals surface area contributed by atoms with Gasteiger partial charge in [0.1, 0.15) is 12.4 Å². The lowest BCUT2D eigenvalue weighted by Crippen LogP contribution is -2.22. The van der Waals surface area contributed by atoms with E-state index in [-0.39, 0.29) is 17.8 Å². The normalized spacial score (nSPS) is 11.7. The maximum atomic E-state index is 12.8. The van der Waals surface area contributed by atoms with Crippen LogP contribution in [-0.4, -0.2) is 26.3 Å². The lowest BCUT2D eigenvalue weighted by Gasteiger charge is -2.14. The number of aryl methyl sites for hydroxylation is 1. The predicted octanol–water partition coefficient (Wildman–Crippen LogP) is 5.48. The molecule has 0 fully saturated rings. The van der Waals surface area contributed by atoms with E-state index >= 15 is 0 Å². The molecule has 32 heavy (non-hydrogen) atoms. The quantitative estimate of drug-likeness (QED) is 0.352. The zero-order valence-electron chi connectivity index (χ0n) is 17.9. The predicted molar refractivity (Wildman–Crippen MR) is 128 cm³/mol. The van der Waals surface area contributed by atoms with E-state index in [0.717, 1.165) is 28.1 Å². The highest BCUT2D eigenvalue weighted by molar-refractivity contribution is 8.00. The van der Waals surface area contributed by atoms with Gasteiger partial charge < -0.3 is 10.1 Å². The second-order valence-electron chi connectivity index (χ2n) is 7.28. The molecule has 1 heterocycles. The van der Waals surface area contributed by atoms with Crippen molar-refractivity contribution in [3.05, 3.63) is 90.3 Å². The molecule has 1 atom stereocenters. The Bertz CT molecular complexity index is 1190. The smallest absolute Gasteiger partial charge is 0.237 e. The number of amides is 1. The van der Waals surface area contributed by atoms with Gasteiger partial charge in [-0.15, -0.1) is 5.10 Å². The summed E-state index contributed by atoms with van der Waals surface area (Å²) in [5, 5.41) is 10.3. The maximum Gasteiger partial charge on any atom is 0.237 e. The average molecular weight is 445 g/mol. The highest BCUT2D eigenvalue weighted by Crippen LogP contribution is 2.29. The number of nitrogens with zero attached hydrogens (tertiary/aromatic N) is 2. The summed E-state index contributed by atoms with van der Waals surface area (Å²) in [6.07, 6.45) is 0. The third-order valence-electron chi connectivity index (χ3n) is 4.89. The number of nitrogens with one attached hydrogen (secondary N) is 2. The summed E-state index contributed by atoms with van der Waals surface area (Å²) >= 11 is 1.30. The molecule has 0 spiro atoms. The molecule has 6 nitrogen and oxygen atoms in total. The lowest BCUT2D eigenvalue weighted by atomic mass is 10.0. The molecule has 162 valence electrons. The number of anilines is 1. The average Bonchev–Trinajstić information content (AvgIpc) is 3.26. The number of aromatic nitrogens is 3. The first-order chi connectivity index (χ1) is 15.6. The van der Waals surface area contributed by atoms with E-state index in [1.54, 1.807) is 0 Å². The summed E-state index contributed by atoms with van der Waals surface area (Å²) in [6, 6.07) is 25.6. The molecule has 4 rings (SSSR count). The molecule has 7 heteroatoms. The molecule has 4 aromatic rings. The minimum Gasteiger partial charge on any atom is -0.485 e. The van der Waals surface area contributed by atoms with Gasteiger partial charge in [0.05, 0.1) is 5.25 Å². The standard InChI is InChI=1S/C25H24N4O2S/c1-17-10-6-9-15-22(17)31-16-23-27-25(29-28-23)32-18(2)24(30)26-21-14-8-7-13-20(21)19-11-4-3-5-12-19/h3-15,18H,16H2,1-2H3,(H,26,30)(H,27,28,29)/t18-/m1/s1. The van der Waals surface area contributed by atoms with Crippen molar-refractivity contribution >= 4 is 23.4 Å². The van der Waals surface area contributed by atoms with Gasteiger partial charge in [0, 0.05) is 11.3 Å². The Balaban J connectivity index is 1.36. The zero-order valence-corrected chi connectivity index (χ0v) is 18.7. The molecular formula is C25H24N4O2S. The Kier molecular flexibility index (Phi) is 6.87. The Morgan fingerprint density at radius 1 is 1.03 bits per heavy atom. The van der Waals surface area contributed by atoms with Crippen LogP contribution in [-0.2, 0) is 11.4 Å². The number of thioether (sulfide) groups is 1. The van der Waals surface area contributed by atoms with Crippen LogP contribution in [0.1, 0.15) is 18.3 Å². The molecule has 0 unspecified atom stereocenters. The molecule has 0 aliphatic heterocycles. The van der Waals surface area contributed by atoms with Gasteiger partial charge in [-0.3, -0.25) is 9.89 Å². The molecule has 2 N–H and O–H groups in total. The van der Waals surface area contributed by atoms with E-state index in [0.29, 0.717) is 11.0 Å². The summed E-state index contributed by atoms with van der Waals surface area (Å²) in [4.78, 5) is 17.3. The number of hydrogen-bond acceptors (Lipinski definition) is 5. The summed E-state index contributed by atoms with van der Waals surface area (Å²) in [7, 11) is 0. The van der Waals surface area contributed by atoms with E-state index in [4.69, 9.17) is 4.74 Å². The number of carbonyl (C=O) groups excluding carboxylic acids is 1. The fourth-order valence-corrected chi connectivity index (χ4v) is 3.91. The van der Waals surface area contributed by atoms with Gasteiger partial charge in [0.15, 0.2) is 5.82 Å². The van der Waals surface area contributed by atoms with Crippen LogP contribution >= 0.6 is 11.8 Å². The second-order valence-corrected chi connectivity index (χ2v) is 8.59. The lowest BCUT2D eigenvalue weighted by molar-refractivity contribution is -0.115. The fourth-order valence-electron chi connectivity index (χ4n) is 3.17. The largest absolute Gasteiger partial charge is 0.485 e. The number of para-hydroxylation sites is 2. The molecule has 0 bridgehead atoms. The molecular weight excluding hydrogens is 420 g/mol. The van der Waals surface area contributed by atoms with Crippen molar-refractivity contribution in [3.63, 3.8) is 0 Å². The van der Waals surface area contributed by atoms with E-state index < -0.39 is 0 Å². The minimum absolute atomic E-state index is 0.110. The third kappa shape index (κ3) is 5.36. The SMILES string of the molecule is Cc1ccccc1OCc1nc(S[C@H](C)C(=O)Nc2ccccc2-c2ccccc2)n[nH]1. The Morgan fingerprint density at radius 3 is 2.56 bits per heavy atom. The number of aromatic amines is 1. The zero-order chi connectivity index (χ0) is 22.3. The van der Waals surface area contributed by atoms with Crippen molar-refractivity contribution < 1.29 is 9.53 Å². The number of carbonyl (C=O) groups is 1. The van der Waals surface area contributed by atoms with E-state index in [1.807, 2.05) is 92.7 Å². The molecule has 0 radical (unpaired) electrons. The van der Waals surface area contributed by atoms with Crippen LogP contribution in [0.25, 0.3) is 11.1 Å². The summed E-state index contributed by atoms with van der Waals surface area (Å²) in [5.74, 6) is 1.31. The number of ether oxygens (including phenoxy) is 1. The highest BCUT2D eigenvalue weighted by Gasteiger charge is 2.19. The third-order valence-corrected chi connectivity index (χ3v) is 5.85. The number of benzene rings is 3. The summed E-state index contributed by atoms with van der Waals surface area (Å²) in [5.41, 5.74) is 3.87. The number of hydrogen-bond donors (Lipinski definition) is 2. The van der Waals surface area contributed by atoms with Gasteiger partial charge in [-0.05, 0) is 37.1 Å². The van der Waals surface area contributed by atoms with Crippen LogP contribution in [0.15, 0.2) is 84.0 Å². The van der Waals surface area contributed by atoms with Crippen LogP contribution in [0.3, 0.4) is 0 Å². The van der Waals surface area contributed by atoms with Crippen LogP contribution in [0.5, 0.6) is 5.75 Å². The van der Waals surface area contributed by atoms with Crippen molar-refractivity contribution in [1.82, 2.24) is 15.2 Å². The first-order valence-electron chi connectivity index (χ1n) is 10.3. The Labute approximate surface area is 191 Å². The van der Waals surface area contributed by atoms with Gasteiger partial charge in [0.2, 0.25) is 11.1 Å². The molecule has 3 aromatic carbocycles. The molecule has 0 aliphatic rings. The molecule has 1 amide bonds. The number of H-pyrrole nitrogens is 1. The molecule has 0 saturated heterocycles. The van der Waals surface area contributed by atoms with Crippen LogP contribution < -0.4 is 10.1 Å². The Hall–Kier alpha value is -3.58. The van der Waals surface area contributed by atoms with E-state index in [2.05, 4.69) is 20.5 Å². The molecule has 0 saturated carbocycles. The Morgan fingerprint density at radius 2 is 1.75 bits per heavy atom. The topological polar surface area (TPSA) is 79.9 Å².